The van der Waals surface area contributed by atoms with E-state index in [4.69, 9.17) is 33.2 Å². The maximum absolute atomic E-state index is 11.1. The molecule has 13 unspecified atom stereocenters. The predicted molar refractivity (Wildman–Crippen MR) is 161 cm³/mol. The Kier molecular flexibility index (Phi) is 12.0. The van der Waals surface area contributed by atoms with Gasteiger partial charge >= 0.3 is 0 Å². The molecule has 0 saturated carbocycles. The zero-order chi connectivity index (χ0) is 34.7. The summed E-state index contributed by atoms with van der Waals surface area (Å²) in [5.74, 6) is -0.156. The minimum Gasteiger partial charge on any atom is -0.504 e. The van der Waals surface area contributed by atoms with Crippen molar-refractivity contribution in [2.24, 2.45) is 11.8 Å². The second-order valence-electron chi connectivity index (χ2n) is 12.2. The summed E-state index contributed by atoms with van der Waals surface area (Å²) in [5, 5.41) is 92.4. The van der Waals surface area contributed by atoms with Crippen LogP contribution in [0.4, 0.5) is 0 Å². The zero-order valence-corrected chi connectivity index (χ0v) is 26.4. The number of ether oxygens (including phenoxy) is 7. The van der Waals surface area contributed by atoms with E-state index in [0.717, 1.165) is 5.56 Å². The van der Waals surface area contributed by atoms with Crippen LogP contribution in [0.5, 0.6) is 23.0 Å². The van der Waals surface area contributed by atoms with E-state index < -0.39 is 86.6 Å². The van der Waals surface area contributed by atoms with Gasteiger partial charge in [-0.05, 0) is 47.7 Å². The van der Waals surface area contributed by atoms with Gasteiger partial charge in [0.05, 0.1) is 46.8 Å². The van der Waals surface area contributed by atoms with E-state index in [9.17, 15) is 46.0 Å². The molecule has 9 N–H and O–H groups in total. The molecule has 5 rings (SSSR count). The molecule has 3 fully saturated rings. The first-order chi connectivity index (χ1) is 23.0. The number of hydrogen-bond acceptors (Lipinski definition) is 16. The van der Waals surface area contributed by atoms with Crippen molar-refractivity contribution < 1.29 is 79.1 Å². The highest BCUT2D eigenvalue weighted by Crippen LogP contribution is 2.43. The largest absolute Gasteiger partial charge is 0.504 e. The normalized spacial score (nSPS) is 37.0. The van der Waals surface area contributed by atoms with Gasteiger partial charge in [-0.25, -0.2) is 0 Å². The lowest BCUT2D eigenvalue weighted by Gasteiger charge is -2.46. The van der Waals surface area contributed by atoms with Gasteiger partial charge in [-0.2, -0.15) is 0 Å². The average molecular weight is 685 g/mol. The number of aromatic hydroxyl groups is 2. The molecule has 0 aromatic heterocycles. The maximum Gasteiger partial charge on any atom is 0.187 e. The lowest BCUT2D eigenvalue weighted by molar-refractivity contribution is -0.368. The SMILES string of the molecule is COc1cc(CC2COC(c3ccc(O)c(OC)c3)C2COC2OC(CO)C(O)C(O)C2OC2OC(CO)C(O)C(O)C2O)ccc1O. The molecule has 0 amide bonds. The van der Waals surface area contributed by atoms with Gasteiger partial charge in [-0.15, -0.1) is 0 Å². The first kappa shape index (κ1) is 36.4. The molecule has 268 valence electrons. The standard InChI is InChI=1S/C32H44O16/c1-42-20-8-14(3-5-18(20)35)7-16-12-44-29(15-4-6-19(36)21(9-15)43-2)17(16)13-45-32-30(27(40)25(38)23(11-34)47-32)48-31-28(41)26(39)24(37)22(10-33)46-31/h3-6,8-9,16-17,22-41H,7,10-13H2,1-2H3. The monoisotopic (exact) mass is 684 g/mol. The van der Waals surface area contributed by atoms with E-state index >= 15 is 0 Å². The number of benzene rings is 2. The average Bonchev–Trinajstić information content (AvgIpc) is 3.49. The predicted octanol–water partition coefficient (Wildman–Crippen LogP) is -1.70. The summed E-state index contributed by atoms with van der Waals surface area (Å²) in [5.41, 5.74) is 1.51. The minimum absolute atomic E-state index is 0.0167. The van der Waals surface area contributed by atoms with E-state index in [-0.39, 0.29) is 36.4 Å². The summed E-state index contributed by atoms with van der Waals surface area (Å²) >= 11 is 0. The number of methoxy groups -OCH3 is 2. The highest BCUT2D eigenvalue weighted by Gasteiger charge is 2.51. The lowest BCUT2D eigenvalue weighted by Crippen LogP contribution is -2.64. The second-order valence-corrected chi connectivity index (χ2v) is 12.2. The smallest absolute Gasteiger partial charge is 0.187 e. The number of hydrogen-bond donors (Lipinski definition) is 9. The summed E-state index contributed by atoms with van der Waals surface area (Å²) in [6.45, 7) is -1.21. The zero-order valence-electron chi connectivity index (χ0n) is 26.4. The second kappa shape index (κ2) is 15.8. The molecule has 13 atom stereocenters. The summed E-state index contributed by atoms with van der Waals surface area (Å²) < 4.78 is 40.1. The van der Waals surface area contributed by atoms with Gasteiger partial charge in [0.25, 0.3) is 0 Å². The first-order valence-corrected chi connectivity index (χ1v) is 15.6. The third-order valence-electron chi connectivity index (χ3n) is 9.18. The number of phenolic OH excluding ortho intramolecular Hbond substituents is 2. The van der Waals surface area contributed by atoms with Crippen molar-refractivity contribution in [3.63, 3.8) is 0 Å². The van der Waals surface area contributed by atoms with Gasteiger partial charge in [-0.1, -0.05) is 12.1 Å². The Labute approximate surface area is 276 Å². The fraction of sp³-hybridized carbons (Fsp3) is 0.625. The third-order valence-corrected chi connectivity index (χ3v) is 9.18. The molecule has 2 aromatic rings. The van der Waals surface area contributed by atoms with Gasteiger partial charge in [0.2, 0.25) is 0 Å². The molecule has 16 nitrogen and oxygen atoms in total. The van der Waals surface area contributed by atoms with Gasteiger partial charge in [0, 0.05) is 5.92 Å². The minimum atomic E-state index is -1.81. The topological polar surface area (TPSA) is 247 Å². The molecule has 3 saturated heterocycles. The summed E-state index contributed by atoms with van der Waals surface area (Å²) in [4.78, 5) is 0. The number of phenols is 2. The summed E-state index contributed by atoms with van der Waals surface area (Å²) in [6, 6.07) is 9.80. The fourth-order valence-electron chi connectivity index (χ4n) is 6.40. The van der Waals surface area contributed by atoms with Crippen LogP contribution in [0.2, 0.25) is 0 Å². The first-order valence-electron chi connectivity index (χ1n) is 15.6. The Balaban J connectivity index is 1.41. The number of rotatable bonds is 12. The van der Waals surface area contributed by atoms with Crippen molar-refractivity contribution in [1.82, 2.24) is 0 Å². The molecule has 0 aliphatic carbocycles. The van der Waals surface area contributed by atoms with Crippen molar-refractivity contribution in [2.75, 3.05) is 40.6 Å². The van der Waals surface area contributed by atoms with E-state index in [1.54, 1.807) is 24.3 Å². The maximum atomic E-state index is 11.1. The van der Waals surface area contributed by atoms with Crippen molar-refractivity contribution >= 4 is 0 Å². The van der Waals surface area contributed by atoms with Crippen LogP contribution in [0.3, 0.4) is 0 Å². The van der Waals surface area contributed by atoms with Gasteiger partial charge in [-0.3, -0.25) is 0 Å². The van der Waals surface area contributed by atoms with Crippen LogP contribution in [0.1, 0.15) is 17.2 Å². The Morgan fingerprint density at radius 2 is 1.33 bits per heavy atom. The lowest BCUT2D eigenvalue weighted by atomic mass is 9.84. The summed E-state index contributed by atoms with van der Waals surface area (Å²) in [7, 11) is 2.86. The van der Waals surface area contributed by atoms with E-state index in [0.29, 0.717) is 17.7 Å². The molecular weight excluding hydrogens is 640 g/mol. The van der Waals surface area contributed by atoms with E-state index in [2.05, 4.69) is 0 Å². The summed E-state index contributed by atoms with van der Waals surface area (Å²) in [6.07, 6.45) is -16.0. The molecule has 16 heteroatoms. The van der Waals surface area contributed by atoms with Crippen LogP contribution in [-0.2, 0) is 30.1 Å². The van der Waals surface area contributed by atoms with E-state index in [1.165, 1.54) is 26.4 Å². The van der Waals surface area contributed by atoms with Crippen molar-refractivity contribution in [3.05, 3.63) is 47.5 Å². The molecule has 3 aliphatic heterocycles. The number of aliphatic hydroxyl groups excluding tert-OH is 7. The van der Waals surface area contributed by atoms with Crippen LogP contribution in [0, 0.1) is 11.8 Å². The fourth-order valence-corrected chi connectivity index (χ4v) is 6.40. The molecule has 0 spiro atoms. The van der Waals surface area contributed by atoms with Crippen LogP contribution >= 0.6 is 0 Å². The van der Waals surface area contributed by atoms with Crippen LogP contribution < -0.4 is 9.47 Å². The molecule has 0 radical (unpaired) electrons. The van der Waals surface area contributed by atoms with E-state index in [1.807, 2.05) is 0 Å². The number of aliphatic hydroxyl groups is 7. The molecular formula is C32H44O16. The molecule has 3 aliphatic rings. The Hall–Kier alpha value is -2.84. The quantitative estimate of drug-likeness (QED) is 0.121. The highest BCUT2D eigenvalue weighted by molar-refractivity contribution is 5.43. The van der Waals surface area contributed by atoms with Crippen molar-refractivity contribution in [1.29, 1.82) is 0 Å². The molecule has 2 aromatic carbocycles. The molecule has 3 heterocycles. The molecule has 48 heavy (non-hydrogen) atoms. The van der Waals surface area contributed by atoms with Crippen LogP contribution in [0.25, 0.3) is 0 Å². The third kappa shape index (κ3) is 7.50. The Morgan fingerprint density at radius 3 is 1.98 bits per heavy atom. The Bertz CT molecular complexity index is 1340. The van der Waals surface area contributed by atoms with Crippen molar-refractivity contribution in [2.45, 2.75) is 73.9 Å². The highest BCUT2D eigenvalue weighted by atomic mass is 16.8. The van der Waals surface area contributed by atoms with Gasteiger partial charge in [0.1, 0.15) is 48.8 Å². The van der Waals surface area contributed by atoms with Crippen LogP contribution in [0.15, 0.2) is 36.4 Å². The Morgan fingerprint density at radius 1 is 0.729 bits per heavy atom. The molecule has 0 bridgehead atoms. The van der Waals surface area contributed by atoms with Crippen LogP contribution in [-0.4, -0.2) is 148 Å². The van der Waals surface area contributed by atoms with Gasteiger partial charge in [0.15, 0.2) is 35.6 Å². The van der Waals surface area contributed by atoms with Crippen molar-refractivity contribution in [3.8, 4) is 23.0 Å². The van der Waals surface area contributed by atoms with Gasteiger partial charge < -0.3 is 79.1 Å².